The topological polar surface area (TPSA) is 45.2 Å². The van der Waals surface area contributed by atoms with Gasteiger partial charge in [-0.2, -0.15) is 0 Å². The number of benzene rings is 1. The predicted octanol–water partition coefficient (Wildman–Crippen LogP) is 3.01. The maximum absolute atomic E-state index is 12.7. The van der Waals surface area contributed by atoms with E-state index in [2.05, 4.69) is 10.3 Å². The maximum atomic E-state index is 12.7. The SMILES string of the molecule is Cc1nc(CN(C)C(=O)C2CCNc3ccccc32)cs1. The van der Waals surface area contributed by atoms with Crippen molar-refractivity contribution in [2.45, 2.75) is 25.8 Å². The fourth-order valence-electron chi connectivity index (χ4n) is 2.79. The van der Waals surface area contributed by atoms with Crippen molar-refractivity contribution in [3.8, 4) is 0 Å². The van der Waals surface area contributed by atoms with Crippen molar-refractivity contribution in [1.29, 1.82) is 0 Å². The van der Waals surface area contributed by atoms with Gasteiger partial charge in [0.25, 0.3) is 0 Å². The smallest absolute Gasteiger partial charge is 0.230 e. The molecule has 1 aliphatic heterocycles. The van der Waals surface area contributed by atoms with Crippen molar-refractivity contribution in [3.63, 3.8) is 0 Å². The van der Waals surface area contributed by atoms with Crippen LogP contribution in [0.5, 0.6) is 0 Å². The average molecular weight is 301 g/mol. The van der Waals surface area contributed by atoms with E-state index in [1.807, 2.05) is 43.6 Å². The Balaban J connectivity index is 1.76. The number of carbonyl (C=O) groups is 1. The van der Waals surface area contributed by atoms with Gasteiger partial charge in [0, 0.05) is 24.7 Å². The largest absolute Gasteiger partial charge is 0.385 e. The maximum Gasteiger partial charge on any atom is 0.230 e. The Kier molecular flexibility index (Phi) is 3.92. The minimum atomic E-state index is -0.0489. The molecule has 0 saturated heterocycles. The highest BCUT2D eigenvalue weighted by molar-refractivity contribution is 7.09. The lowest BCUT2D eigenvalue weighted by molar-refractivity contribution is -0.132. The van der Waals surface area contributed by atoms with Gasteiger partial charge >= 0.3 is 0 Å². The first kappa shape index (κ1) is 14.1. The lowest BCUT2D eigenvalue weighted by Crippen LogP contribution is -2.34. The van der Waals surface area contributed by atoms with E-state index >= 15 is 0 Å². The molecule has 1 amide bonds. The monoisotopic (exact) mass is 301 g/mol. The van der Waals surface area contributed by atoms with E-state index in [0.717, 1.165) is 34.9 Å². The third-order valence-corrected chi connectivity index (χ3v) is 4.65. The summed E-state index contributed by atoms with van der Waals surface area (Å²) in [4.78, 5) is 19.0. The highest BCUT2D eigenvalue weighted by Gasteiger charge is 2.28. The Morgan fingerprint density at radius 2 is 2.29 bits per heavy atom. The molecule has 0 fully saturated rings. The summed E-state index contributed by atoms with van der Waals surface area (Å²) in [5.74, 6) is 0.127. The number of nitrogens with zero attached hydrogens (tertiary/aromatic N) is 2. The summed E-state index contributed by atoms with van der Waals surface area (Å²) >= 11 is 1.62. The highest BCUT2D eigenvalue weighted by atomic mass is 32.1. The number of hydrogen-bond donors (Lipinski definition) is 1. The zero-order chi connectivity index (χ0) is 14.8. The van der Waals surface area contributed by atoms with E-state index in [-0.39, 0.29) is 11.8 Å². The summed E-state index contributed by atoms with van der Waals surface area (Å²) in [6.07, 6.45) is 0.844. The molecule has 2 heterocycles. The number of para-hydroxylation sites is 1. The van der Waals surface area contributed by atoms with Crippen LogP contribution in [0.3, 0.4) is 0 Å². The zero-order valence-electron chi connectivity index (χ0n) is 12.3. The summed E-state index contributed by atoms with van der Waals surface area (Å²) in [7, 11) is 1.86. The van der Waals surface area contributed by atoms with Crippen LogP contribution in [0.25, 0.3) is 0 Å². The van der Waals surface area contributed by atoms with E-state index in [1.165, 1.54) is 0 Å². The lowest BCUT2D eigenvalue weighted by atomic mass is 9.90. The van der Waals surface area contributed by atoms with Crippen molar-refractivity contribution >= 4 is 22.9 Å². The fourth-order valence-corrected chi connectivity index (χ4v) is 3.40. The van der Waals surface area contributed by atoms with Crippen molar-refractivity contribution in [1.82, 2.24) is 9.88 Å². The second-order valence-corrected chi connectivity index (χ2v) is 6.47. The Morgan fingerprint density at radius 3 is 3.05 bits per heavy atom. The summed E-state index contributed by atoms with van der Waals surface area (Å²) in [6, 6.07) is 8.08. The molecule has 1 N–H and O–H groups in total. The molecule has 5 heteroatoms. The van der Waals surface area contributed by atoms with Crippen LogP contribution in [0.2, 0.25) is 0 Å². The molecular weight excluding hydrogens is 282 g/mol. The van der Waals surface area contributed by atoms with E-state index in [4.69, 9.17) is 0 Å². The molecule has 0 spiro atoms. The number of nitrogens with one attached hydrogen (secondary N) is 1. The molecule has 1 aliphatic rings. The Labute approximate surface area is 128 Å². The van der Waals surface area contributed by atoms with Gasteiger partial charge in [-0.25, -0.2) is 4.98 Å². The number of hydrogen-bond acceptors (Lipinski definition) is 4. The predicted molar refractivity (Wildman–Crippen MR) is 85.6 cm³/mol. The minimum absolute atomic E-state index is 0.0489. The van der Waals surface area contributed by atoms with Gasteiger partial charge < -0.3 is 10.2 Å². The molecule has 4 nitrogen and oxygen atoms in total. The number of anilines is 1. The molecule has 3 rings (SSSR count). The number of aromatic nitrogens is 1. The highest BCUT2D eigenvalue weighted by Crippen LogP contribution is 2.32. The second-order valence-electron chi connectivity index (χ2n) is 5.41. The molecule has 1 aromatic carbocycles. The third kappa shape index (κ3) is 2.93. The van der Waals surface area contributed by atoms with E-state index in [0.29, 0.717) is 6.54 Å². The van der Waals surface area contributed by atoms with Gasteiger partial charge in [0.05, 0.1) is 23.2 Å². The number of aryl methyl sites for hydroxylation is 1. The number of amides is 1. The lowest BCUT2D eigenvalue weighted by Gasteiger charge is -2.29. The van der Waals surface area contributed by atoms with Gasteiger partial charge in [0.15, 0.2) is 0 Å². The van der Waals surface area contributed by atoms with Crippen LogP contribution in [0.1, 0.15) is 28.6 Å². The molecule has 110 valence electrons. The molecule has 1 aromatic heterocycles. The Hall–Kier alpha value is -1.88. The second kappa shape index (κ2) is 5.85. The summed E-state index contributed by atoms with van der Waals surface area (Å²) in [6.45, 7) is 3.41. The molecular formula is C16H19N3OS. The molecule has 21 heavy (non-hydrogen) atoms. The number of thiazole rings is 1. The normalized spacial score (nSPS) is 17.0. The van der Waals surface area contributed by atoms with Crippen molar-refractivity contribution in [2.24, 2.45) is 0 Å². The van der Waals surface area contributed by atoms with Gasteiger partial charge in [0.1, 0.15) is 0 Å². The van der Waals surface area contributed by atoms with Crippen LogP contribution in [0.15, 0.2) is 29.6 Å². The number of carbonyl (C=O) groups excluding carboxylic acids is 1. The van der Waals surface area contributed by atoms with Crippen LogP contribution in [0, 0.1) is 6.92 Å². The number of likely N-dealkylation sites (N-methyl/N-ethyl adjacent to an activating group) is 1. The summed E-state index contributed by atoms with van der Waals surface area (Å²) < 4.78 is 0. The first-order valence-corrected chi connectivity index (χ1v) is 8.02. The standard InChI is InChI=1S/C16H19N3OS/c1-11-18-12(10-21-11)9-19(2)16(20)14-7-8-17-15-6-4-3-5-13(14)15/h3-6,10,14,17H,7-9H2,1-2H3. The molecule has 0 saturated carbocycles. The minimum Gasteiger partial charge on any atom is -0.385 e. The molecule has 0 radical (unpaired) electrons. The number of fused-ring (bicyclic) bond motifs is 1. The van der Waals surface area contributed by atoms with Crippen LogP contribution < -0.4 is 5.32 Å². The molecule has 2 aromatic rings. The average Bonchev–Trinajstić information content (AvgIpc) is 2.91. The molecule has 1 unspecified atom stereocenters. The zero-order valence-corrected chi connectivity index (χ0v) is 13.1. The van der Waals surface area contributed by atoms with E-state index < -0.39 is 0 Å². The number of rotatable bonds is 3. The first-order chi connectivity index (χ1) is 10.1. The van der Waals surface area contributed by atoms with Gasteiger partial charge in [-0.05, 0) is 25.0 Å². The van der Waals surface area contributed by atoms with E-state index in [1.54, 1.807) is 16.2 Å². The van der Waals surface area contributed by atoms with Crippen molar-refractivity contribution in [3.05, 3.63) is 45.9 Å². The van der Waals surface area contributed by atoms with Crippen LogP contribution >= 0.6 is 11.3 Å². The fraction of sp³-hybridized carbons (Fsp3) is 0.375. The summed E-state index contributed by atoms with van der Waals surface area (Å²) in [5, 5.41) is 6.42. The van der Waals surface area contributed by atoms with Crippen LogP contribution in [-0.2, 0) is 11.3 Å². The third-order valence-electron chi connectivity index (χ3n) is 3.82. The van der Waals surface area contributed by atoms with E-state index in [9.17, 15) is 4.79 Å². The molecule has 0 bridgehead atoms. The van der Waals surface area contributed by atoms with Gasteiger partial charge in [0.2, 0.25) is 5.91 Å². The van der Waals surface area contributed by atoms with Gasteiger partial charge in [-0.1, -0.05) is 18.2 Å². The Morgan fingerprint density at radius 1 is 1.48 bits per heavy atom. The van der Waals surface area contributed by atoms with Gasteiger partial charge in [-0.3, -0.25) is 4.79 Å². The van der Waals surface area contributed by atoms with Crippen molar-refractivity contribution < 1.29 is 4.79 Å². The van der Waals surface area contributed by atoms with Crippen LogP contribution in [0.4, 0.5) is 5.69 Å². The molecule has 0 aliphatic carbocycles. The Bertz CT molecular complexity index is 652. The first-order valence-electron chi connectivity index (χ1n) is 7.14. The van der Waals surface area contributed by atoms with Crippen molar-refractivity contribution in [2.75, 3.05) is 18.9 Å². The van der Waals surface area contributed by atoms with Crippen LogP contribution in [-0.4, -0.2) is 29.4 Å². The summed E-state index contributed by atoms with van der Waals surface area (Å²) in [5.41, 5.74) is 3.16. The quantitative estimate of drug-likeness (QED) is 0.948. The van der Waals surface area contributed by atoms with Gasteiger partial charge in [-0.15, -0.1) is 11.3 Å². The molecule has 1 atom stereocenters.